The van der Waals surface area contributed by atoms with Crippen molar-refractivity contribution in [1.82, 2.24) is 0 Å². The van der Waals surface area contributed by atoms with Gasteiger partial charge in [-0.25, -0.2) is 0 Å². The average molecular weight is 602 g/mol. The third-order valence-electron chi connectivity index (χ3n) is 9.57. The average Bonchev–Trinajstić information content (AvgIpc) is 3.24. The van der Waals surface area contributed by atoms with Gasteiger partial charge in [-0.2, -0.15) is 0 Å². The smallest absolute Gasteiger partial charge is 0.0680 e. The first kappa shape index (κ1) is 25.7. The maximum atomic E-state index is 2.52. The first-order valence-electron chi connectivity index (χ1n) is 15.8. The van der Waals surface area contributed by atoms with Gasteiger partial charge in [-0.1, -0.05) is 145 Å². The van der Waals surface area contributed by atoms with Crippen molar-refractivity contribution in [2.45, 2.75) is 9.79 Å². The number of nitrogens with zero attached hydrogens (tertiary/aromatic N) is 1. The van der Waals surface area contributed by atoms with E-state index in [2.05, 4.69) is 169 Å². The third-order valence-corrected chi connectivity index (χ3v) is 10.7. The van der Waals surface area contributed by atoms with Crippen molar-refractivity contribution < 1.29 is 0 Å². The molecule has 0 saturated carbocycles. The van der Waals surface area contributed by atoms with Crippen LogP contribution in [0.3, 0.4) is 0 Å². The Balaban J connectivity index is 1.27. The molecule has 2 aliphatic rings. The highest BCUT2D eigenvalue weighted by Crippen LogP contribution is 2.60. The molecule has 0 aromatic heterocycles. The molecule has 8 aromatic carbocycles. The van der Waals surface area contributed by atoms with Crippen LogP contribution in [0.5, 0.6) is 0 Å². The number of fused-ring (bicyclic) bond motifs is 9. The summed E-state index contributed by atoms with van der Waals surface area (Å²) < 4.78 is 0. The molecule has 0 unspecified atom stereocenters. The maximum Gasteiger partial charge on any atom is 0.0680 e. The highest BCUT2D eigenvalue weighted by molar-refractivity contribution is 7.99. The lowest BCUT2D eigenvalue weighted by Crippen LogP contribution is -2.16. The van der Waals surface area contributed by atoms with Crippen molar-refractivity contribution in [2.75, 3.05) is 4.90 Å². The molecule has 2 aliphatic heterocycles. The maximum absolute atomic E-state index is 2.52. The molecule has 0 radical (unpaired) electrons. The third kappa shape index (κ3) is 3.77. The molecule has 0 aliphatic carbocycles. The van der Waals surface area contributed by atoms with Crippen molar-refractivity contribution >= 4 is 50.4 Å². The molecule has 0 atom stereocenters. The molecule has 46 heavy (non-hydrogen) atoms. The SMILES string of the molecule is c1ccc2c(c1)-c1ccccc1N1c3ccc(-c4cccc5ccccc45)cc3Sc3cc(-c4cccc5ccccc45)cc-2c31. The minimum absolute atomic E-state index is 1.22. The molecular formula is C44H27NS. The molecule has 0 amide bonds. The van der Waals surface area contributed by atoms with E-state index in [0.717, 1.165) is 0 Å². The Hall–Kier alpha value is -5.57. The molecule has 1 nitrogen and oxygen atoms in total. The number of para-hydroxylation sites is 1. The Morgan fingerprint density at radius 3 is 1.63 bits per heavy atom. The topological polar surface area (TPSA) is 3.24 Å². The van der Waals surface area contributed by atoms with E-state index in [4.69, 9.17) is 0 Å². The van der Waals surface area contributed by atoms with Crippen molar-refractivity contribution in [2.24, 2.45) is 0 Å². The molecule has 2 heteroatoms. The molecule has 0 spiro atoms. The lowest BCUT2D eigenvalue weighted by Gasteiger charge is -2.35. The predicted molar refractivity (Wildman–Crippen MR) is 196 cm³/mol. The van der Waals surface area contributed by atoms with Gasteiger partial charge in [0.2, 0.25) is 0 Å². The number of hydrogen-bond donors (Lipinski definition) is 0. The van der Waals surface area contributed by atoms with Gasteiger partial charge < -0.3 is 4.90 Å². The summed E-state index contributed by atoms with van der Waals surface area (Å²) in [7, 11) is 0. The predicted octanol–water partition coefficient (Wildman–Crippen LogP) is 12.9. The Bertz CT molecular complexity index is 2520. The van der Waals surface area contributed by atoms with Crippen LogP contribution in [0.1, 0.15) is 0 Å². The second kappa shape index (κ2) is 9.97. The van der Waals surface area contributed by atoms with Gasteiger partial charge in [0.05, 0.1) is 17.1 Å². The summed E-state index contributed by atoms with van der Waals surface area (Å²) in [6, 6.07) is 60.4. The highest BCUT2D eigenvalue weighted by Gasteiger charge is 2.33. The Morgan fingerprint density at radius 2 is 0.891 bits per heavy atom. The molecule has 0 N–H and O–H groups in total. The zero-order valence-corrected chi connectivity index (χ0v) is 25.8. The van der Waals surface area contributed by atoms with Crippen LogP contribution in [-0.2, 0) is 0 Å². The van der Waals surface area contributed by atoms with Gasteiger partial charge >= 0.3 is 0 Å². The molecule has 0 bridgehead atoms. The number of rotatable bonds is 2. The molecule has 0 saturated heterocycles. The van der Waals surface area contributed by atoms with Crippen molar-refractivity contribution in [3.05, 3.63) is 164 Å². The molecule has 0 fully saturated rings. The quantitative estimate of drug-likeness (QED) is 0.194. The van der Waals surface area contributed by atoms with Gasteiger partial charge in [-0.05, 0) is 85.3 Å². The van der Waals surface area contributed by atoms with Gasteiger partial charge in [-0.15, -0.1) is 0 Å². The van der Waals surface area contributed by atoms with E-state index in [1.807, 2.05) is 11.8 Å². The summed E-state index contributed by atoms with van der Waals surface area (Å²) in [5, 5.41) is 5.08. The van der Waals surface area contributed by atoms with Crippen LogP contribution >= 0.6 is 11.8 Å². The fourth-order valence-electron chi connectivity index (χ4n) is 7.52. The van der Waals surface area contributed by atoms with Crippen molar-refractivity contribution in [3.8, 4) is 44.5 Å². The number of anilines is 3. The van der Waals surface area contributed by atoms with Crippen LogP contribution in [0.2, 0.25) is 0 Å². The summed E-state index contributed by atoms with van der Waals surface area (Å²) in [6.45, 7) is 0. The van der Waals surface area contributed by atoms with E-state index in [-0.39, 0.29) is 0 Å². The summed E-state index contributed by atoms with van der Waals surface area (Å²) >= 11 is 1.90. The van der Waals surface area contributed by atoms with E-state index in [1.165, 1.54) is 92.9 Å². The van der Waals surface area contributed by atoms with E-state index < -0.39 is 0 Å². The van der Waals surface area contributed by atoms with Crippen LogP contribution in [0.15, 0.2) is 174 Å². The molecule has 214 valence electrons. The van der Waals surface area contributed by atoms with Gasteiger partial charge in [0.25, 0.3) is 0 Å². The van der Waals surface area contributed by atoms with E-state index in [9.17, 15) is 0 Å². The van der Waals surface area contributed by atoms with Crippen LogP contribution in [0, 0.1) is 0 Å². The summed E-state index contributed by atoms with van der Waals surface area (Å²) in [5.41, 5.74) is 13.8. The lowest BCUT2D eigenvalue weighted by molar-refractivity contribution is 1.18. The van der Waals surface area contributed by atoms with Crippen molar-refractivity contribution in [1.29, 1.82) is 0 Å². The molecular weight excluding hydrogens is 575 g/mol. The minimum Gasteiger partial charge on any atom is -0.307 e. The minimum atomic E-state index is 1.22. The first-order chi connectivity index (χ1) is 22.8. The zero-order chi connectivity index (χ0) is 30.2. The molecule has 10 rings (SSSR count). The fraction of sp³-hybridized carbons (Fsp3) is 0. The monoisotopic (exact) mass is 601 g/mol. The van der Waals surface area contributed by atoms with Gasteiger partial charge in [0.1, 0.15) is 0 Å². The molecule has 2 heterocycles. The number of benzene rings is 8. The molecule has 8 aromatic rings. The fourth-order valence-corrected chi connectivity index (χ4v) is 8.69. The van der Waals surface area contributed by atoms with E-state index in [0.29, 0.717) is 0 Å². The van der Waals surface area contributed by atoms with Crippen LogP contribution in [0.4, 0.5) is 17.1 Å². The summed E-state index contributed by atoms with van der Waals surface area (Å²) in [4.78, 5) is 5.06. The van der Waals surface area contributed by atoms with Crippen LogP contribution in [0.25, 0.3) is 66.1 Å². The normalized spacial score (nSPS) is 12.7. The lowest BCUT2D eigenvalue weighted by atomic mass is 9.91. The Morgan fingerprint density at radius 1 is 0.348 bits per heavy atom. The number of hydrogen-bond acceptors (Lipinski definition) is 2. The van der Waals surface area contributed by atoms with Crippen molar-refractivity contribution in [3.63, 3.8) is 0 Å². The second-order valence-corrected chi connectivity index (χ2v) is 13.2. The zero-order valence-electron chi connectivity index (χ0n) is 24.9. The highest BCUT2D eigenvalue weighted by atomic mass is 32.2. The standard InChI is InChI=1S/C44H27NS/c1-3-15-32-28(11-1)13-9-20-34(32)30-23-24-41-42(26-30)46-43-27-31(35-21-10-14-29-12-2-4-16-33(29)35)25-39-37-18-6-5-17-36(37)38-19-7-8-22-40(38)45(41)44(39)43/h1-27H. The summed E-state index contributed by atoms with van der Waals surface area (Å²) in [5.74, 6) is 0. The van der Waals surface area contributed by atoms with Crippen LogP contribution < -0.4 is 4.90 Å². The van der Waals surface area contributed by atoms with E-state index >= 15 is 0 Å². The first-order valence-corrected chi connectivity index (χ1v) is 16.6. The van der Waals surface area contributed by atoms with Gasteiger partial charge in [0, 0.05) is 20.9 Å². The van der Waals surface area contributed by atoms with Gasteiger partial charge in [0.15, 0.2) is 0 Å². The van der Waals surface area contributed by atoms with E-state index in [1.54, 1.807) is 0 Å². The largest absolute Gasteiger partial charge is 0.307 e. The second-order valence-electron chi connectivity index (χ2n) is 12.1. The summed E-state index contributed by atoms with van der Waals surface area (Å²) in [6.07, 6.45) is 0. The Kier molecular flexibility index (Phi) is 5.58. The van der Waals surface area contributed by atoms with Crippen LogP contribution in [-0.4, -0.2) is 0 Å². The Labute approximate surface area is 272 Å². The van der Waals surface area contributed by atoms with Gasteiger partial charge in [-0.3, -0.25) is 0 Å².